The predicted molar refractivity (Wildman–Crippen MR) is 116 cm³/mol. The third kappa shape index (κ3) is 10.5. The topological polar surface area (TPSA) is 214 Å². The molecule has 0 aliphatic heterocycles. The first-order valence-electron chi connectivity index (χ1n) is 10.5. The number of hydrogen-bond acceptors (Lipinski definition) is 7. The molecule has 0 aromatic carbocycles. The summed E-state index contributed by atoms with van der Waals surface area (Å²) in [4.78, 5) is 60.3. The summed E-state index contributed by atoms with van der Waals surface area (Å²) >= 11 is 0. The SMILES string of the molecule is CC(C)CC(NC(=O)C(CCC(N)=O)NC(=O)C(N)C(C)C)C(=O)NC(C(=O)O)C(C)O. The summed E-state index contributed by atoms with van der Waals surface area (Å²) in [5.74, 6) is -4.54. The molecule has 9 N–H and O–H groups in total. The number of aliphatic carboxylic acids is 1. The second kappa shape index (κ2) is 13.6. The van der Waals surface area contributed by atoms with Crippen LogP contribution < -0.4 is 27.4 Å². The van der Waals surface area contributed by atoms with Crippen LogP contribution in [-0.2, 0) is 24.0 Å². The molecule has 5 atom stereocenters. The zero-order chi connectivity index (χ0) is 25.2. The molecule has 0 heterocycles. The first-order chi connectivity index (χ1) is 14.7. The van der Waals surface area contributed by atoms with Crippen molar-refractivity contribution in [3.63, 3.8) is 0 Å². The van der Waals surface area contributed by atoms with Gasteiger partial charge < -0.3 is 37.6 Å². The van der Waals surface area contributed by atoms with Gasteiger partial charge in [0.25, 0.3) is 0 Å². The Morgan fingerprint density at radius 1 is 0.844 bits per heavy atom. The lowest BCUT2D eigenvalue weighted by Gasteiger charge is -2.27. The van der Waals surface area contributed by atoms with E-state index in [9.17, 15) is 34.2 Å². The third-order valence-corrected chi connectivity index (χ3v) is 4.72. The third-order valence-electron chi connectivity index (χ3n) is 4.72. The van der Waals surface area contributed by atoms with E-state index >= 15 is 0 Å². The number of amides is 4. The van der Waals surface area contributed by atoms with E-state index in [0.717, 1.165) is 0 Å². The van der Waals surface area contributed by atoms with Crippen LogP contribution in [0.5, 0.6) is 0 Å². The van der Waals surface area contributed by atoms with Crippen molar-refractivity contribution in [3.05, 3.63) is 0 Å². The van der Waals surface area contributed by atoms with Crippen LogP contribution in [0.1, 0.15) is 53.9 Å². The maximum atomic E-state index is 12.9. The Bertz CT molecular complexity index is 681. The van der Waals surface area contributed by atoms with Crippen LogP contribution in [0, 0.1) is 11.8 Å². The number of aliphatic hydroxyl groups excluding tert-OH is 1. The number of primary amides is 1. The van der Waals surface area contributed by atoms with Crippen LogP contribution in [0.2, 0.25) is 0 Å². The van der Waals surface area contributed by atoms with E-state index in [-0.39, 0.29) is 31.1 Å². The number of hydrogen-bond donors (Lipinski definition) is 7. The minimum atomic E-state index is -1.57. The van der Waals surface area contributed by atoms with Gasteiger partial charge in [0.1, 0.15) is 12.1 Å². The summed E-state index contributed by atoms with van der Waals surface area (Å²) in [6, 6.07) is -4.79. The summed E-state index contributed by atoms with van der Waals surface area (Å²) in [7, 11) is 0. The van der Waals surface area contributed by atoms with Crippen molar-refractivity contribution in [1.29, 1.82) is 0 Å². The summed E-state index contributed by atoms with van der Waals surface area (Å²) in [6.45, 7) is 8.26. The standard InChI is InChI=1S/C20H37N5O7/c1-9(2)8-13(18(29)25-16(11(5)26)20(31)32)24-17(28)12(6-7-14(21)27)23-19(30)15(22)10(3)4/h9-13,15-16,26H,6-8,22H2,1-5H3,(H2,21,27)(H,23,30)(H,24,28)(H,25,29)(H,31,32). The molecular formula is C20H37N5O7. The average Bonchev–Trinajstić information content (AvgIpc) is 2.66. The zero-order valence-electron chi connectivity index (χ0n) is 19.3. The van der Waals surface area contributed by atoms with Gasteiger partial charge in [-0.15, -0.1) is 0 Å². The van der Waals surface area contributed by atoms with Crippen molar-refractivity contribution in [3.8, 4) is 0 Å². The van der Waals surface area contributed by atoms with Crippen LogP contribution >= 0.6 is 0 Å². The molecule has 32 heavy (non-hydrogen) atoms. The Morgan fingerprint density at radius 2 is 1.34 bits per heavy atom. The molecule has 0 aromatic rings. The number of nitrogens with one attached hydrogen (secondary N) is 3. The number of carboxylic acid groups (broad SMARTS) is 1. The molecule has 0 spiro atoms. The lowest BCUT2D eigenvalue weighted by atomic mass is 10.0. The van der Waals surface area contributed by atoms with Crippen LogP contribution in [0.15, 0.2) is 0 Å². The van der Waals surface area contributed by atoms with E-state index in [2.05, 4.69) is 16.0 Å². The number of carboxylic acids is 1. The molecule has 184 valence electrons. The van der Waals surface area contributed by atoms with E-state index in [4.69, 9.17) is 11.5 Å². The van der Waals surface area contributed by atoms with Crippen molar-refractivity contribution in [1.82, 2.24) is 16.0 Å². The average molecular weight is 460 g/mol. The number of carbonyl (C=O) groups excluding carboxylic acids is 4. The Labute approximate surface area is 187 Å². The minimum absolute atomic E-state index is 0.0612. The molecule has 0 aliphatic rings. The first kappa shape index (κ1) is 29.3. The van der Waals surface area contributed by atoms with Crippen molar-refractivity contribution >= 4 is 29.6 Å². The highest BCUT2D eigenvalue weighted by Gasteiger charge is 2.32. The van der Waals surface area contributed by atoms with Gasteiger partial charge >= 0.3 is 5.97 Å². The maximum Gasteiger partial charge on any atom is 0.328 e. The van der Waals surface area contributed by atoms with Gasteiger partial charge in [-0.25, -0.2) is 4.79 Å². The molecule has 0 radical (unpaired) electrons. The molecule has 4 amide bonds. The molecule has 0 fully saturated rings. The highest BCUT2D eigenvalue weighted by molar-refractivity contribution is 5.94. The van der Waals surface area contributed by atoms with Crippen LogP contribution in [0.4, 0.5) is 0 Å². The molecule has 12 heteroatoms. The van der Waals surface area contributed by atoms with E-state index in [1.165, 1.54) is 6.92 Å². The van der Waals surface area contributed by atoms with Gasteiger partial charge in [-0.1, -0.05) is 27.7 Å². The van der Waals surface area contributed by atoms with Gasteiger partial charge in [-0.2, -0.15) is 0 Å². The summed E-state index contributed by atoms with van der Waals surface area (Å²) in [6.07, 6.45) is -1.52. The maximum absolute atomic E-state index is 12.9. The fourth-order valence-electron chi connectivity index (χ4n) is 2.74. The van der Waals surface area contributed by atoms with Gasteiger partial charge in [-0.3, -0.25) is 19.2 Å². The Balaban J connectivity index is 5.57. The zero-order valence-corrected chi connectivity index (χ0v) is 19.3. The lowest BCUT2D eigenvalue weighted by Crippen LogP contribution is -2.58. The highest BCUT2D eigenvalue weighted by atomic mass is 16.4. The number of carbonyl (C=O) groups is 5. The van der Waals surface area contributed by atoms with E-state index < -0.39 is 59.9 Å². The van der Waals surface area contributed by atoms with Gasteiger partial charge in [0.15, 0.2) is 6.04 Å². The molecule has 5 unspecified atom stereocenters. The summed E-state index contributed by atoms with van der Waals surface area (Å²) < 4.78 is 0. The van der Waals surface area contributed by atoms with Crippen LogP contribution in [0.25, 0.3) is 0 Å². The fourth-order valence-corrected chi connectivity index (χ4v) is 2.74. The molecule has 0 aromatic heterocycles. The second-order valence-corrected chi connectivity index (χ2v) is 8.59. The predicted octanol–water partition coefficient (Wildman–Crippen LogP) is -1.80. The number of rotatable bonds is 14. The Morgan fingerprint density at radius 3 is 1.75 bits per heavy atom. The van der Waals surface area contributed by atoms with Gasteiger partial charge in [-0.05, 0) is 31.6 Å². The summed E-state index contributed by atoms with van der Waals surface area (Å²) in [5.41, 5.74) is 11.0. The molecule has 0 saturated carbocycles. The van der Waals surface area contributed by atoms with Crippen LogP contribution in [0.3, 0.4) is 0 Å². The quantitative estimate of drug-likeness (QED) is 0.157. The molecular weight excluding hydrogens is 422 g/mol. The molecule has 0 bridgehead atoms. The lowest BCUT2D eigenvalue weighted by molar-refractivity contribution is -0.145. The highest BCUT2D eigenvalue weighted by Crippen LogP contribution is 2.08. The van der Waals surface area contributed by atoms with Crippen LogP contribution in [-0.4, -0.2) is 70.1 Å². The van der Waals surface area contributed by atoms with E-state index in [1.54, 1.807) is 27.7 Å². The van der Waals surface area contributed by atoms with Crippen molar-refractivity contribution < 1.29 is 34.2 Å². The van der Waals surface area contributed by atoms with Crippen molar-refractivity contribution in [2.45, 2.75) is 84.2 Å². The monoisotopic (exact) mass is 459 g/mol. The first-order valence-corrected chi connectivity index (χ1v) is 10.5. The van der Waals surface area contributed by atoms with E-state index in [0.29, 0.717) is 0 Å². The van der Waals surface area contributed by atoms with Gasteiger partial charge in [0.05, 0.1) is 12.1 Å². The number of aliphatic hydroxyl groups is 1. The largest absolute Gasteiger partial charge is 0.480 e. The Kier molecular flexibility index (Phi) is 12.5. The van der Waals surface area contributed by atoms with Gasteiger partial charge in [0, 0.05) is 6.42 Å². The minimum Gasteiger partial charge on any atom is -0.480 e. The summed E-state index contributed by atoms with van der Waals surface area (Å²) in [5, 5.41) is 26.0. The smallest absolute Gasteiger partial charge is 0.328 e. The van der Waals surface area contributed by atoms with Crippen molar-refractivity contribution in [2.24, 2.45) is 23.3 Å². The molecule has 0 aliphatic carbocycles. The normalized spacial score (nSPS) is 15.9. The second-order valence-electron chi connectivity index (χ2n) is 8.59. The van der Waals surface area contributed by atoms with E-state index in [1.807, 2.05) is 0 Å². The fraction of sp³-hybridized carbons (Fsp3) is 0.750. The Hall–Kier alpha value is -2.73. The number of nitrogens with two attached hydrogens (primary N) is 2. The molecule has 12 nitrogen and oxygen atoms in total. The molecule has 0 rings (SSSR count). The van der Waals surface area contributed by atoms with Crippen molar-refractivity contribution in [2.75, 3.05) is 0 Å². The molecule has 0 saturated heterocycles. The van der Waals surface area contributed by atoms with Gasteiger partial charge in [0.2, 0.25) is 23.6 Å².